The standard InChI is InChI=1S/C21H30O3/c1-4-5-6-7-15-11-18(22)20(19(23)12-15)16-10-14(2)8-9-17(16)21(3)13-24-21/h10-12,16-17,22-23H,4-9,13H2,1-3H3/t16-,17-,21-/m1/s1. The summed E-state index contributed by atoms with van der Waals surface area (Å²) in [5, 5.41) is 21.3. The highest BCUT2D eigenvalue weighted by molar-refractivity contribution is 5.51. The third-order valence-corrected chi connectivity index (χ3v) is 5.73. The maximum absolute atomic E-state index is 10.6. The molecule has 3 rings (SSSR count). The van der Waals surface area contributed by atoms with E-state index in [1.54, 1.807) is 0 Å². The van der Waals surface area contributed by atoms with E-state index in [0.717, 1.165) is 37.9 Å². The Balaban J connectivity index is 1.90. The Kier molecular flexibility index (Phi) is 4.91. The molecule has 0 radical (unpaired) electrons. The van der Waals surface area contributed by atoms with E-state index in [1.807, 2.05) is 12.1 Å². The van der Waals surface area contributed by atoms with Crippen molar-refractivity contribution in [2.75, 3.05) is 6.61 Å². The minimum Gasteiger partial charge on any atom is -0.507 e. The van der Waals surface area contributed by atoms with Gasteiger partial charge >= 0.3 is 0 Å². The summed E-state index contributed by atoms with van der Waals surface area (Å²) in [6, 6.07) is 3.69. The van der Waals surface area contributed by atoms with Gasteiger partial charge in [-0.15, -0.1) is 0 Å². The predicted molar refractivity (Wildman–Crippen MR) is 96.6 cm³/mol. The van der Waals surface area contributed by atoms with Gasteiger partial charge in [-0.2, -0.15) is 0 Å². The van der Waals surface area contributed by atoms with Crippen molar-refractivity contribution in [2.24, 2.45) is 5.92 Å². The molecular formula is C21H30O3. The maximum Gasteiger partial charge on any atom is 0.123 e. The van der Waals surface area contributed by atoms with Crippen molar-refractivity contribution in [3.05, 3.63) is 34.9 Å². The van der Waals surface area contributed by atoms with Crippen LogP contribution < -0.4 is 0 Å². The first-order chi connectivity index (χ1) is 11.4. The first kappa shape index (κ1) is 17.3. The van der Waals surface area contributed by atoms with E-state index < -0.39 is 0 Å². The third-order valence-electron chi connectivity index (χ3n) is 5.73. The Morgan fingerprint density at radius 2 is 1.88 bits per heavy atom. The van der Waals surface area contributed by atoms with E-state index in [2.05, 4.69) is 26.8 Å². The zero-order valence-electron chi connectivity index (χ0n) is 15.1. The average molecular weight is 330 g/mol. The summed E-state index contributed by atoms with van der Waals surface area (Å²) >= 11 is 0. The van der Waals surface area contributed by atoms with Crippen LogP contribution in [0.2, 0.25) is 0 Å². The molecule has 0 spiro atoms. The van der Waals surface area contributed by atoms with Crippen molar-refractivity contribution < 1.29 is 14.9 Å². The fraction of sp³-hybridized carbons (Fsp3) is 0.619. The number of allylic oxidation sites excluding steroid dienone is 2. The first-order valence-corrected chi connectivity index (χ1v) is 9.30. The second-order valence-electron chi connectivity index (χ2n) is 7.79. The number of hydrogen-bond donors (Lipinski definition) is 2. The second kappa shape index (κ2) is 6.79. The molecule has 1 fully saturated rings. The molecule has 0 aromatic heterocycles. The summed E-state index contributed by atoms with van der Waals surface area (Å²) < 4.78 is 5.70. The molecule has 1 aliphatic heterocycles. The van der Waals surface area contributed by atoms with E-state index in [-0.39, 0.29) is 23.0 Å². The molecule has 3 heteroatoms. The Hall–Kier alpha value is -1.48. The van der Waals surface area contributed by atoms with Gasteiger partial charge in [0.05, 0.1) is 12.2 Å². The molecule has 24 heavy (non-hydrogen) atoms. The van der Waals surface area contributed by atoms with Gasteiger partial charge in [0.2, 0.25) is 0 Å². The minimum absolute atomic E-state index is 0.0240. The largest absolute Gasteiger partial charge is 0.507 e. The van der Waals surface area contributed by atoms with Crippen LogP contribution >= 0.6 is 0 Å². The highest BCUT2D eigenvalue weighted by atomic mass is 16.6. The van der Waals surface area contributed by atoms with Gasteiger partial charge in [0.25, 0.3) is 0 Å². The zero-order chi connectivity index (χ0) is 17.3. The van der Waals surface area contributed by atoms with Crippen LogP contribution in [0.5, 0.6) is 11.5 Å². The molecule has 0 bridgehead atoms. The van der Waals surface area contributed by atoms with Crippen molar-refractivity contribution in [3.63, 3.8) is 0 Å². The van der Waals surface area contributed by atoms with Gasteiger partial charge in [0, 0.05) is 17.4 Å². The second-order valence-corrected chi connectivity index (χ2v) is 7.79. The van der Waals surface area contributed by atoms with Crippen molar-refractivity contribution in [1.29, 1.82) is 0 Å². The summed E-state index contributed by atoms with van der Waals surface area (Å²) in [7, 11) is 0. The number of phenols is 2. The fourth-order valence-corrected chi connectivity index (χ4v) is 4.11. The van der Waals surface area contributed by atoms with E-state index >= 15 is 0 Å². The average Bonchev–Trinajstić information content (AvgIpc) is 3.25. The summed E-state index contributed by atoms with van der Waals surface area (Å²) in [5.74, 6) is 0.790. The summed E-state index contributed by atoms with van der Waals surface area (Å²) in [5.41, 5.74) is 2.91. The summed E-state index contributed by atoms with van der Waals surface area (Å²) in [6.45, 7) is 7.23. The molecule has 3 nitrogen and oxygen atoms in total. The van der Waals surface area contributed by atoms with Gasteiger partial charge in [-0.3, -0.25) is 0 Å². The highest BCUT2D eigenvalue weighted by Crippen LogP contribution is 2.52. The lowest BCUT2D eigenvalue weighted by Crippen LogP contribution is -2.29. The normalized spacial score (nSPS) is 29.4. The molecule has 132 valence electrons. The number of ether oxygens (including phenoxy) is 1. The molecule has 3 atom stereocenters. The fourth-order valence-electron chi connectivity index (χ4n) is 4.11. The van der Waals surface area contributed by atoms with Crippen molar-refractivity contribution in [3.8, 4) is 11.5 Å². The van der Waals surface area contributed by atoms with Crippen LogP contribution in [0.25, 0.3) is 0 Å². The van der Waals surface area contributed by atoms with Crippen LogP contribution in [0.15, 0.2) is 23.8 Å². The molecule has 1 aromatic carbocycles. The number of aromatic hydroxyl groups is 2. The summed E-state index contributed by atoms with van der Waals surface area (Å²) in [4.78, 5) is 0. The molecule has 1 saturated heterocycles. The molecule has 0 saturated carbocycles. The van der Waals surface area contributed by atoms with Gasteiger partial charge in [0.1, 0.15) is 11.5 Å². The van der Waals surface area contributed by atoms with Crippen molar-refractivity contribution >= 4 is 0 Å². The van der Waals surface area contributed by atoms with Gasteiger partial charge in [-0.05, 0) is 57.2 Å². The van der Waals surface area contributed by atoms with Crippen LogP contribution in [-0.4, -0.2) is 22.4 Å². The smallest absolute Gasteiger partial charge is 0.123 e. The number of benzene rings is 1. The predicted octanol–water partition coefficient (Wildman–Crippen LogP) is 5.06. The molecule has 1 aromatic rings. The molecule has 0 amide bonds. The van der Waals surface area contributed by atoms with Crippen LogP contribution in [0.4, 0.5) is 0 Å². The minimum atomic E-state index is -0.111. The van der Waals surface area contributed by atoms with Gasteiger partial charge in [0.15, 0.2) is 0 Å². The van der Waals surface area contributed by atoms with E-state index in [9.17, 15) is 10.2 Å². The van der Waals surface area contributed by atoms with Crippen molar-refractivity contribution in [1.82, 2.24) is 0 Å². The Morgan fingerprint density at radius 3 is 2.46 bits per heavy atom. The lowest BCUT2D eigenvalue weighted by molar-refractivity contribution is 0.201. The number of aryl methyl sites for hydroxylation is 1. The number of phenolic OH excluding ortho intramolecular Hbond substituents is 2. The van der Waals surface area contributed by atoms with Crippen LogP contribution in [0.3, 0.4) is 0 Å². The molecule has 2 aliphatic rings. The van der Waals surface area contributed by atoms with Crippen LogP contribution in [0, 0.1) is 5.92 Å². The molecule has 2 N–H and O–H groups in total. The zero-order valence-corrected chi connectivity index (χ0v) is 15.1. The summed E-state index contributed by atoms with van der Waals surface area (Å²) in [6.07, 6.45) is 8.66. The Morgan fingerprint density at radius 1 is 1.21 bits per heavy atom. The number of epoxide rings is 1. The van der Waals surface area contributed by atoms with Crippen LogP contribution in [0.1, 0.15) is 69.9 Å². The van der Waals surface area contributed by atoms with Gasteiger partial charge < -0.3 is 14.9 Å². The Bertz CT molecular complexity index is 605. The molecular weight excluding hydrogens is 300 g/mol. The van der Waals surface area contributed by atoms with Gasteiger partial charge in [-0.1, -0.05) is 31.4 Å². The molecule has 1 aliphatic carbocycles. The van der Waals surface area contributed by atoms with E-state index in [0.29, 0.717) is 11.5 Å². The molecule has 0 unspecified atom stereocenters. The van der Waals surface area contributed by atoms with E-state index in [1.165, 1.54) is 18.4 Å². The first-order valence-electron chi connectivity index (χ1n) is 9.30. The number of unbranched alkanes of at least 4 members (excludes halogenated alkanes) is 2. The number of hydrogen-bond acceptors (Lipinski definition) is 3. The Labute approximate surface area is 145 Å². The highest BCUT2D eigenvalue weighted by Gasteiger charge is 2.51. The van der Waals surface area contributed by atoms with Crippen LogP contribution in [-0.2, 0) is 11.2 Å². The lowest BCUT2D eigenvalue weighted by Gasteiger charge is -2.33. The number of rotatable bonds is 6. The maximum atomic E-state index is 10.6. The SMILES string of the molecule is CCCCCc1cc(O)c([C@@H]2C=C(C)CC[C@H]2[C@@]2(C)CO2)c(O)c1. The molecule has 1 heterocycles. The van der Waals surface area contributed by atoms with E-state index in [4.69, 9.17) is 4.74 Å². The van der Waals surface area contributed by atoms with Crippen molar-refractivity contribution in [2.45, 2.75) is 70.8 Å². The third kappa shape index (κ3) is 3.46. The topological polar surface area (TPSA) is 53.0 Å². The quantitative estimate of drug-likeness (QED) is 0.435. The monoisotopic (exact) mass is 330 g/mol. The lowest BCUT2D eigenvalue weighted by atomic mass is 9.71. The van der Waals surface area contributed by atoms with Gasteiger partial charge in [-0.25, -0.2) is 0 Å².